The second-order valence-corrected chi connectivity index (χ2v) is 8.38. The summed E-state index contributed by atoms with van der Waals surface area (Å²) in [6, 6.07) is 15.7. The van der Waals surface area contributed by atoms with Crippen LogP contribution in [-0.4, -0.2) is 22.7 Å². The minimum Gasteiger partial charge on any atom is -0.494 e. The highest BCUT2D eigenvalue weighted by Crippen LogP contribution is 2.42. The van der Waals surface area contributed by atoms with E-state index < -0.39 is 0 Å². The number of benzene rings is 2. The number of amides is 1. The fourth-order valence-corrected chi connectivity index (χ4v) is 4.09. The quantitative estimate of drug-likeness (QED) is 0.500. The zero-order valence-electron chi connectivity index (χ0n) is 16.9. The van der Waals surface area contributed by atoms with Crippen LogP contribution in [0.5, 0.6) is 5.75 Å². The van der Waals surface area contributed by atoms with Crippen LogP contribution in [0, 0.1) is 0 Å². The van der Waals surface area contributed by atoms with Gasteiger partial charge in [0, 0.05) is 22.9 Å². The topological polar surface area (TPSA) is 77.2 Å². The number of aryl methyl sites for hydroxylation is 1. The normalized spacial score (nSPS) is 14.7. The molecule has 1 fully saturated rings. The van der Waals surface area contributed by atoms with Gasteiger partial charge in [-0.3, -0.25) is 4.79 Å². The van der Waals surface area contributed by atoms with E-state index in [1.54, 1.807) is 0 Å². The smallest absolute Gasteiger partial charge is 0.227 e. The average molecular weight is 470 g/mol. The largest absolute Gasteiger partial charge is 0.494 e. The molecule has 6 nitrogen and oxygen atoms in total. The Morgan fingerprint density at radius 3 is 2.70 bits per heavy atom. The maximum absolute atomic E-state index is 12.6. The summed E-state index contributed by atoms with van der Waals surface area (Å²) < 4.78 is 11.8. The van der Waals surface area contributed by atoms with Crippen LogP contribution < -0.4 is 10.1 Å². The van der Waals surface area contributed by atoms with Crippen LogP contribution in [0.1, 0.15) is 44.1 Å². The highest BCUT2D eigenvalue weighted by atomic mass is 79.9. The van der Waals surface area contributed by atoms with Gasteiger partial charge in [0.1, 0.15) is 5.75 Å². The van der Waals surface area contributed by atoms with Crippen LogP contribution in [-0.2, 0) is 16.8 Å². The predicted molar refractivity (Wildman–Crippen MR) is 117 cm³/mol. The van der Waals surface area contributed by atoms with Gasteiger partial charge in [-0.05, 0) is 68.1 Å². The van der Waals surface area contributed by atoms with Crippen molar-refractivity contribution < 1.29 is 14.1 Å². The Labute approximate surface area is 184 Å². The van der Waals surface area contributed by atoms with Crippen molar-refractivity contribution in [2.45, 2.75) is 44.6 Å². The van der Waals surface area contributed by atoms with Crippen LogP contribution in [0.2, 0.25) is 0 Å². The fourth-order valence-electron chi connectivity index (χ4n) is 3.69. The summed E-state index contributed by atoms with van der Waals surface area (Å²) in [6.07, 6.45) is 3.74. The maximum Gasteiger partial charge on any atom is 0.227 e. The molecule has 1 N–H and O–H groups in total. The van der Waals surface area contributed by atoms with Gasteiger partial charge in [0.15, 0.2) is 0 Å². The Kier molecular flexibility index (Phi) is 6.18. The molecular formula is C23H24BrN3O3. The van der Waals surface area contributed by atoms with Crippen molar-refractivity contribution >= 4 is 21.8 Å². The molecule has 0 unspecified atom stereocenters. The molecule has 30 heavy (non-hydrogen) atoms. The first-order chi connectivity index (χ1) is 14.6. The lowest BCUT2D eigenvalue weighted by Gasteiger charge is -2.43. The lowest BCUT2D eigenvalue weighted by atomic mass is 9.71. The summed E-state index contributed by atoms with van der Waals surface area (Å²) >= 11 is 3.52. The van der Waals surface area contributed by atoms with Gasteiger partial charge in [0.25, 0.3) is 0 Å². The van der Waals surface area contributed by atoms with E-state index in [2.05, 4.69) is 43.5 Å². The molecule has 1 aliphatic rings. The molecule has 156 valence electrons. The van der Waals surface area contributed by atoms with Crippen LogP contribution in [0.15, 0.2) is 57.5 Å². The Morgan fingerprint density at radius 2 is 2.03 bits per heavy atom. The molecule has 4 rings (SSSR count). The summed E-state index contributed by atoms with van der Waals surface area (Å²) in [6.45, 7) is 2.57. The van der Waals surface area contributed by atoms with Crippen molar-refractivity contribution in [3.63, 3.8) is 0 Å². The van der Waals surface area contributed by atoms with Crippen molar-refractivity contribution in [1.82, 2.24) is 15.5 Å². The number of carbonyl (C=O) groups is 1. The standard InChI is InChI=1S/C23H24BrN3O3/c1-2-29-19-9-7-16(8-10-19)22-25-21(30-27-22)12-11-20(28)26-23(13-4-14-23)17-5-3-6-18(24)15-17/h3,5-10,15H,2,4,11-14H2,1H3,(H,26,28). The first-order valence-electron chi connectivity index (χ1n) is 10.2. The number of halogens is 1. The second kappa shape index (κ2) is 9.00. The molecule has 2 aromatic carbocycles. The summed E-state index contributed by atoms with van der Waals surface area (Å²) in [5.74, 6) is 1.77. The summed E-state index contributed by atoms with van der Waals surface area (Å²) in [5, 5.41) is 7.27. The zero-order valence-corrected chi connectivity index (χ0v) is 18.4. The van der Waals surface area contributed by atoms with Crippen molar-refractivity contribution in [3.05, 3.63) is 64.5 Å². The lowest BCUT2D eigenvalue weighted by Crippen LogP contribution is -2.50. The Balaban J connectivity index is 1.35. The molecule has 0 aliphatic heterocycles. The van der Waals surface area contributed by atoms with Crippen LogP contribution in [0.25, 0.3) is 11.4 Å². The van der Waals surface area contributed by atoms with Gasteiger partial charge in [0.2, 0.25) is 17.6 Å². The van der Waals surface area contributed by atoms with E-state index in [4.69, 9.17) is 9.26 Å². The molecule has 1 aliphatic carbocycles. The Morgan fingerprint density at radius 1 is 1.23 bits per heavy atom. The lowest BCUT2D eigenvalue weighted by molar-refractivity contribution is -0.124. The number of nitrogens with zero attached hydrogens (tertiary/aromatic N) is 2. The molecule has 0 bridgehead atoms. The van der Waals surface area contributed by atoms with Gasteiger partial charge in [-0.2, -0.15) is 4.98 Å². The van der Waals surface area contributed by atoms with Crippen molar-refractivity contribution in [1.29, 1.82) is 0 Å². The van der Waals surface area contributed by atoms with E-state index in [9.17, 15) is 4.79 Å². The molecule has 0 atom stereocenters. The van der Waals surface area contributed by atoms with Gasteiger partial charge < -0.3 is 14.6 Å². The minimum atomic E-state index is -0.261. The SMILES string of the molecule is CCOc1ccc(-c2noc(CCC(=O)NC3(c4cccc(Br)c4)CCC3)n2)cc1. The third-order valence-corrected chi connectivity index (χ3v) is 5.91. The van der Waals surface area contributed by atoms with Crippen LogP contribution >= 0.6 is 15.9 Å². The summed E-state index contributed by atoms with van der Waals surface area (Å²) in [4.78, 5) is 17.1. The van der Waals surface area contributed by atoms with E-state index in [1.165, 1.54) is 0 Å². The summed E-state index contributed by atoms with van der Waals surface area (Å²) in [7, 11) is 0. The van der Waals surface area contributed by atoms with E-state index in [0.29, 0.717) is 31.2 Å². The Hall–Kier alpha value is -2.67. The molecule has 3 aromatic rings. The third-order valence-electron chi connectivity index (χ3n) is 5.42. The molecule has 1 heterocycles. The third kappa shape index (κ3) is 4.56. The van der Waals surface area contributed by atoms with Gasteiger partial charge in [-0.1, -0.05) is 33.2 Å². The van der Waals surface area contributed by atoms with Gasteiger partial charge in [0.05, 0.1) is 12.1 Å². The number of carbonyl (C=O) groups excluding carboxylic acids is 1. The van der Waals surface area contributed by atoms with E-state index >= 15 is 0 Å². The number of hydrogen-bond acceptors (Lipinski definition) is 5. The van der Waals surface area contributed by atoms with Crippen molar-refractivity contribution in [2.75, 3.05) is 6.61 Å². The van der Waals surface area contributed by atoms with Gasteiger partial charge in [-0.15, -0.1) is 0 Å². The minimum absolute atomic E-state index is 0.00417. The molecule has 1 saturated carbocycles. The molecule has 0 radical (unpaired) electrons. The Bertz CT molecular complexity index is 1010. The molecule has 1 amide bonds. The number of ether oxygens (including phenoxy) is 1. The highest BCUT2D eigenvalue weighted by molar-refractivity contribution is 9.10. The number of rotatable bonds is 8. The molecule has 1 aromatic heterocycles. The molecule has 0 saturated heterocycles. The number of hydrogen-bond donors (Lipinski definition) is 1. The maximum atomic E-state index is 12.6. The van der Waals surface area contributed by atoms with Crippen LogP contribution in [0.3, 0.4) is 0 Å². The average Bonchev–Trinajstić information content (AvgIpc) is 3.19. The van der Waals surface area contributed by atoms with Crippen molar-refractivity contribution in [2.24, 2.45) is 0 Å². The van der Waals surface area contributed by atoms with Gasteiger partial charge >= 0.3 is 0 Å². The second-order valence-electron chi connectivity index (χ2n) is 7.46. The zero-order chi connectivity index (χ0) is 21.0. The van der Waals surface area contributed by atoms with Gasteiger partial charge in [-0.25, -0.2) is 0 Å². The highest BCUT2D eigenvalue weighted by Gasteiger charge is 2.39. The van der Waals surface area contributed by atoms with E-state index in [0.717, 1.165) is 40.6 Å². The number of aromatic nitrogens is 2. The monoisotopic (exact) mass is 469 g/mol. The fraction of sp³-hybridized carbons (Fsp3) is 0.348. The first-order valence-corrected chi connectivity index (χ1v) is 11.0. The van der Waals surface area contributed by atoms with Crippen LogP contribution in [0.4, 0.5) is 0 Å². The number of nitrogens with one attached hydrogen (secondary N) is 1. The van der Waals surface area contributed by atoms with Crippen molar-refractivity contribution in [3.8, 4) is 17.1 Å². The molecule has 0 spiro atoms. The molecule has 7 heteroatoms. The summed E-state index contributed by atoms with van der Waals surface area (Å²) in [5.41, 5.74) is 1.73. The first kappa shape index (κ1) is 20.6. The van der Waals surface area contributed by atoms with E-state index in [1.807, 2.05) is 43.3 Å². The van der Waals surface area contributed by atoms with E-state index in [-0.39, 0.29) is 11.4 Å². The molecular weight excluding hydrogens is 446 g/mol. The predicted octanol–water partition coefficient (Wildman–Crippen LogP) is 5.03.